The zero-order valence-electron chi connectivity index (χ0n) is 15.2. The summed E-state index contributed by atoms with van der Waals surface area (Å²) in [5, 5.41) is 3.21. The number of carbonyl (C=O) groups is 2. The Morgan fingerprint density at radius 3 is 2.48 bits per heavy atom. The molecule has 3 rings (SSSR count). The van der Waals surface area contributed by atoms with Gasteiger partial charge in [0.25, 0.3) is 5.91 Å². The average molecular weight is 500 g/mol. The lowest BCUT2D eigenvalue weighted by atomic mass is 9.88. The number of hydrogen-bond donors (Lipinski definition) is 1. The number of hydrogen-bond acceptors (Lipinski definition) is 4. The Balaban J connectivity index is 2.20. The van der Waals surface area contributed by atoms with Gasteiger partial charge in [0, 0.05) is 9.86 Å². The van der Waals surface area contributed by atoms with Gasteiger partial charge < -0.3 is 10.1 Å². The number of pyridine rings is 1. The molecule has 0 fully saturated rings. The molecule has 2 aromatic carbocycles. The number of amides is 1. The molecule has 9 heteroatoms. The minimum absolute atomic E-state index is 0.0108. The van der Waals surface area contributed by atoms with Crippen LogP contribution < -0.4 is 5.32 Å². The van der Waals surface area contributed by atoms with Gasteiger partial charge in [-0.05, 0) is 52.7 Å². The van der Waals surface area contributed by atoms with Crippen LogP contribution in [0.25, 0.3) is 10.9 Å². The summed E-state index contributed by atoms with van der Waals surface area (Å²) in [6.07, 6.45) is 1.06. The van der Waals surface area contributed by atoms with E-state index in [0.717, 1.165) is 6.20 Å². The first-order chi connectivity index (χ1) is 13.7. The molecule has 0 spiro atoms. The van der Waals surface area contributed by atoms with Crippen LogP contribution >= 0.6 is 39.1 Å². The van der Waals surface area contributed by atoms with E-state index in [1.807, 2.05) is 0 Å². The monoisotopic (exact) mass is 498 g/mol. The van der Waals surface area contributed by atoms with Crippen LogP contribution in [0.1, 0.15) is 22.8 Å². The molecule has 5 nitrogen and oxygen atoms in total. The number of benzene rings is 2. The maximum atomic E-state index is 13.9. The highest BCUT2D eigenvalue weighted by atomic mass is 79.9. The number of carbonyl (C=O) groups excluding carboxylic acids is 2. The van der Waals surface area contributed by atoms with Gasteiger partial charge in [-0.1, -0.05) is 35.3 Å². The molecule has 0 aliphatic rings. The van der Waals surface area contributed by atoms with Crippen LogP contribution in [0.15, 0.2) is 47.1 Å². The van der Waals surface area contributed by atoms with Crippen LogP contribution in [0.3, 0.4) is 0 Å². The minimum atomic E-state index is -1.68. The maximum absolute atomic E-state index is 13.9. The molecule has 29 heavy (non-hydrogen) atoms. The van der Waals surface area contributed by atoms with Crippen molar-refractivity contribution in [3.05, 3.63) is 74.1 Å². The largest absolute Gasteiger partial charge is 0.467 e. The summed E-state index contributed by atoms with van der Waals surface area (Å²) < 4.78 is 19.5. The van der Waals surface area contributed by atoms with Gasteiger partial charge in [0.1, 0.15) is 5.82 Å². The van der Waals surface area contributed by atoms with E-state index in [0.29, 0.717) is 20.9 Å². The Hall–Kier alpha value is -2.22. The fraction of sp³-hybridized carbons (Fsp3) is 0.150. The van der Waals surface area contributed by atoms with Gasteiger partial charge in [-0.15, -0.1) is 0 Å². The van der Waals surface area contributed by atoms with E-state index in [4.69, 9.17) is 27.9 Å². The second-order valence-corrected chi connectivity index (χ2v) is 7.98. The molecule has 1 N–H and O–H groups in total. The Morgan fingerprint density at radius 1 is 1.21 bits per heavy atom. The first-order valence-corrected chi connectivity index (χ1v) is 9.83. The third-order valence-electron chi connectivity index (χ3n) is 4.45. The normalized spacial score (nSPS) is 13.0. The molecule has 0 radical (unpaired) electrons. The van der Waals surface area contributed by atoms with Crippen LogP contribution in [-0.4, -0.2) is 24.0 Å². The van der Waals surface area contributed by atoms with Crippen molar-refractivity contribution >= 4 is 61.9 Å². The third kappa shape index (κ3) is 3.95. The van der Waals surface area contributed by atoms with Crippen molar-refractivity contribution in [2.45, 2.75) is 12.5 Å². The van der Waals surface area contributed by atoms with Crippen molar-refractivity contribution in [2.75, 3.05) is 7.11 Å². The van der Waals surface area contributed by atoms with Crippen molar-refractivity contribution in [3.63, 3.8) is 0 Å². The second-order valence-electron chi connectivity index (χ2n) is 6.31. The summed E-state index contributed by atoms with van der Waals surface area (Å²) >= 11 is 15.6. The minimum Gasteiger partial charge on any atom is -0.467 e. The standard InChI is InChI=1S/C20H14BrCl2FN2O3/c1-20(19(28)29-2,26-18(27)16-14(22)4-3-5-15(16)23)12-6-7-13(21)17-11(12)8-10(24)9-25-17/h3-9H,1-2H3,(H,26,27). The number of methoxy groups -OCH3 is 1. The van der Waals surface area contributed by atoms with Crippen molar-refractivity contribution < 1.29 is 18.7 Å². The summed E-state index contributed by atoms with van der Waals surface area (Å²) in [6, 6.07) is 9.07. The summed E-state index contributed by atoms with van der Waals surface area (Å²) in [5.74, 6) is -2.04. The first-order valence-electron chi connectivity index (χ1n) is 8.28. The molecule has 0 bridgehead atoms. The highest BCUT2D eigenvalue weighted by molar-refractivity contribution is 9.10. The van der Waals surface area contributed by atoms with Gasteiger partial charge >= 0.3 is 5.97 Å². The van der Waals surface area contributed by atoms with E-state index in [1.54, 1.807) is 18.2 Å². The third-order valence-corrected chi connectivity index (χ3v) is 5.72. The van der Waals surface area contributed by atoms with E-state index >= 15 is 0 Å². The topological polar surface area (TPSA) is 68.3 Å². The highest BCUT2D eigenvalue weighted by Gasteiger charge is 2.40. The fourth-order valence-electron chi connectivity index (χ4n) is 3.03. The molecule has 1 unspecified atom stereocenters. The number of esters is 1. The summed E-state index contributed by atoms with van der Waals surface area (Å²) in [4.78, 5) is 29.8. The van der Waals surface area contributed by atoms with Gasteiger partial charge in [0.05, 0.1) is 34.4 Å². The average Bonchev–Trinajstić information content (AvgIpc) is 2.67. The molecule has 0 saturated heterocycles. The Bertz CT molecular complexity index is 1120. The Kier molecular flexibility index (Phi) is 6.12. The smallest absolute Gasteiger partial charge is 0.336 e. The van der Waals surface area contributed by atoms with Gasteiger partial charge in [-0.2, -0.15) is 0 Å². The van der Waals surface area contributed by atoms with Crippen LogP contribution in [0.5, 0.6) is 0 Å². The molecule has 0 aliphatic carbocycles. The number of nitrogens with zero attached hydrogens (tertiary/aromatic N) is 1. The first kappa shape index (κ1) is 21.5. The summed E-state index contributed by atoms with van der Waals surface area (Å²) in [5.41, 5.74) is -0.949. The molecule has 1 amide bonds. The summed E-state index contributed by atoms with van der Waals surface area (Å²) in [7, 11) is 1.19. The number of halogens is 4. The SMILES string of the molecule is COC(=O)C(C)(NC(=O)c1c(Cl)cccc1Cl)c1ccc(Br)c2ncc(F)cc12. The second kappa shape index (κ2) is 8.26. The number of rotatable bonds is 4. The predicted octanol–water partition coefficient (Wildman–Crippen LogP) is 5.26. The van der Waals surface area contributed by atoms with Gasteiger partial charge in [-0.25, -0.2) is 9.18 Å². The Morgan fingerprint density at radius 2 is 1.86 bits per heavy atom. The molecule has 1 aromatic heterocycles. The quantitative estimate of drug-likeness (QED) is 0.497. The number of aromatic nitrogens is 1. The number of ether oxygens (including phenoxy) is 1. The molecule has 1 heterocycles. The zero-order chi connectivity index (χ0) is 21.3. The molecular formula is C20H14BrCl2FN2O3. The van der Waals surface area contributed by atoms with E-state index < -0.39 is 23.2 Å². The zero-order valence-corrected chi connectivity index (χ0v) is 18.3. The molecule has 150 valence electrons. The van der Waals surface area contributed by atoms with E-state index in [2.05, 4.69) is 26.2 Å². The highest BCUT2D eigenvalue weighted by Crippen LogP contribution is 2.34. The summed E-state index contributed by atoms with van der Waals surface area (Å²) in [6.45, 7) is 1.45. The lowest BCUT2D eigenvalue weighted by molar-refractivity contribution is -0.147. The van der Waals surface area contributed by atoms with Crippen LogP contribution in [0, 0.1) is 5.82 Å². The molecule has 1 atom stereocenters. The lowest BCUT2D eigenvalue weighted by Crippen LogP contribution is -2.50. The maximum Gasteiger partial charge on any atom is 0.336 e. The van der Waals surface area contributed by atoms with Crippen molar-refractivity contribution in [2.24, 2.45) is 0 Å². The van der Waals surface area contributed by atoms with Crippen LogP contribution in [0.4, 0.5) is 4.39 Å². The van der Waals surface area contributed by atoms with Gasteiger partial charge in [-0.3, -0.25) is 9.78 Å². The number of nitrogens with one attached hydrogen (secondary N) is 1. The number of fused-ring (bicyclic) bond motifs is 1. The molecule has 0 aliphatic heterocycles. The fourth-order valence-corrected chi connectivity index (χ4v) is 4.05. The van der Waals surface area contributed by atoms with Gasteiger partial charge in [0.15, 0.2) is 5.54 Å². The van der Waals surface area contributed by atoms with Gasteiger partial charge in [0.2, 0.25) is 0 Å². The van der Waals surface area contributed by atoms with E-state index in [1.165, 1.54) is 32.2 Å². The predicted molar refractivity (Wildman–Crippen MR) is 113 cm³/mol. The van der Waals surface area contributed by atoms with E-state index in [9.17, 15) is 14.0 Å². The van der Waals surface area contributed by atoms with Crippen LogP contribution in [-0.2, 0) is 15.1 Å². The van der Waals surface area contributed by atoms with E-state index in [-0.39, 0.29) is 15.6 Å². The van der Waals surface area contributed by atoms with Crippen molar-refractivity contribution in [1.29, 1.82) is 0 Å². The Labute approximate surface area is 184 Å². The van der Waals surface area contributed by atoms with Crippen molar-refractivity contribution in [1.82, 2.24) is 10.3 Å². The molecule has 3 aromatic rings. The lowest BCUT2D eigenvalue weighted by Gasteiger charge is -2.30. The molecule has 0 saturated carbocycles. The molecular weight excluding hydrogens is 486 g/mol. The van der Waals surface area contributed by atoms with Crippen LogP contribution in [0.2, 0.25) is 10.0 Å². The van der Waals surface area contributed by atoms with Crippen molar-refractivity contribution in [3.8, 4) is 0 Å².